The molecule has 0 bridgehead atoms. The summed E-state index contributed by atoms with van der Waals surface area (Å²) in [5.74, 6) is -5.85. The monoisotopic (exact) mass is 879 g/mol. The van der Waals surface area contributed by atoms with Crippen LogP contribution in [0.5, 0.6) is 0 Å². The molecule has 0 aromatic heterocycles. The van der Waals surface area contributed by atoms with E-state index >= 15 is 0 Å². The average Bonchev–Trinajstić information content (AvgIpc) is 3.66. The van der Waals surface area contributed by atoms with Crippen LogP contribution in [0.1, 0.15) is 43.9 Å². The van der Waals surface area contributed by atoms with Crippen molar-refractivity contribution < 1.29 is 80.8 Å². The van der Waals surface area contributed by atoms with Crippen molar-refractivity contribution in [1.82, 2.24) is 5.32 Å². The molecule has 3 aliphatic heterocycles. The van der Waals surface area contributed by atoms with Crippen molar-refractivity contribution in [1.29, 1.82) is 0 Å². The standard InChI is InChI=1S/C45H53NO17/c1-27(47)54-25-34(59-28(2)48)38(60-29(3)49)39-36-33(62-44(51)46-36)21-45(63-39,43(50)53-5)58-26-35-37(55-22-30-15-9-6-10-16-30)40(56-23-31-17-11-7-12-18-31)41(42(52-4)61-35)57-24-32-19-13-8-14-20-32/h6-20,33-42H,21-26H2,1-5H3,(H,46,51)/t33-,34+,35+,36+,37+,38+,39+,40-,41+,42-,45+/m0/s1. The smallest absolute Gasteiger partial charge is 0.407 e. The third-order valence-electron chi connectivity index (χ3n) is 10.5. The van der Waals surface area contributed by atoms with Gasteiger partial charge in [-0.25, -0.2) is 9.59 Å². The highest BCUT2D eigenvalue weighted by molar-refractivity contribution is 5.79. The maximum absolute atomic E-state index is 14.1. The lowest BCUT2D eigenvalue weighted by Gasteiger charge is -2.48. The highest BCUT2D eigenvalue weighted by Gasteiger charge is 2.62. The van der Waals surface area contributed by atoms with Gasteiger partial charge in [0.1, 0.15) is 43.2 Å². The van der Waals surface area contributed by atoms with Crippen LogP contribution in [0.4, 0.5) is 4.79 Å². The molecular weight excluding hydrogens is 826 g/mol. The van der Waals surface area contributed by atoms with Gasteiger partial charge in [0.05, 0.1) is 46.0 Å². The maximum Gasteiger partial charge on any atom is 0.407 e. The van der Waals surface area contributed by atoms with E-state index in [2.05, 4.69) is 5.32 Å². The van der Waals surface area contributed by atoms with Gasteiger partial charge < -0.3 is 62.2 Å². The topological polar surface area (TPSA) is 208 Å². The minimum absolute atomic E-state index is 0.107. The van der Waals surface area contributed by atoms with Crippen molar-refractivity contribution >= 4 is 30.0 Å². The fourth-order valence-corrected chi connectivity index (χ4v) is 7.69. The minimum atomic E-state index is -2.38. The molecule has 0 saturated carbocycles. The molecule has 3 heterocycles. The summed E-state index contributed by atoms with van der Waals surface area (Å²) in [4.78, 5) is 63.7. The molecule has 3 saturated heterocycles. The molecule has 18 heteroatoms. The molecule has 1 N–H and O–H groups in total. The fraction of sp³-hybridized carbons (Fsp3) is 0.489. The van der Waals surface area contributed by atoms with Crippen LogP contribution in [0.25, 0.3) is 0 Å². The summed E-state index contributed by atoms with van der Waals surface area (Å²) in [7, 11) is 2.56. The van der Waals surface area contributed by atoms with E-state index in [1.807, 2.05) is 91.0 Å². The Balaban J connectivity index is 1.36. The summed E-state index contributed by atoms with van der Waals surface area (Å²) in [6.45, 7) is 2.72. The molecule has 0 aliphatic carbocycles. The Morgan fingerprint density at radius 2 is 1.27 bits per heavy atom. The molecule has 3 fully saturated rings. The minimum Gasteiger partial charge on any atom is -0.465 e. The zero-order valence-corrected chi connectivity index (χ0v) is 35.6. The van der Waals surface area contributed by atoms with Crippen LogP contribution >= 0.6 is 0 Å². The van der Waals surface area contributed by atoms with E-state index in [4.69, 9.17) is 56.8 Å². The van der Waals surface area contributed by atoms with Gasteiger partial charge in [0.25, 0.3) is 5.79 Å². The first-order valence-corrected chi connectivity index (χ1v) is 20.4. The van der Waals surface area contributed by atoms with Gasteiger partial charge in [0, 0.05) is 27.9 Å². The molecule has 3 aliphatic rings. The predicted octanol–water partition coefficient (Wildman–Crippen LogP) is 3.69. The number of carbonyl (C=O) groups is 5. The van der Waals surface area contributed by atoms with E-state index < -0.39 is 117 Å². The molecule has 0 radical (unpaired) electrons. The first kappa shape index (κ1) is 47.0. The van der Waals surface area contributed by atoms with Crippen molar-refractivity contribution in [2.75, 3.05) is 27.4 Å². The molecule has 6 rings (SSSR count). The molecule has 18 nitrogen and oxygen atoms in total. The second kappa shape index (κ2) is 22.2. The number of nitrogens with one attached hydrogen (secondary N) is 1. The molecule has 340 valence electrons. The Morgan fingerprint density at radius 1 is 0.730 bits per heavy atom. The van der Waals surface area contributed by atoms with E-state index in [0.29, 0.717) is 0 Å². The molecule has 0 spiro atoms. The van der Waals surface area contributed by atoms with Crippen LogP contribution < -0.4 is 5.32 Å². The van der Waals surface area contributed by atoms with Crippen molar-refractivity contribution in [3.8, 4) is 0 Å². The first-order chi connectivity index (χ1) is 30.4. The van der Waals surface area contributed by atoms with Gasteiger partial charge in [-0.2, -0.15) is 0 Å². The number of alkyl carbamates (subject to hydrolysis) is 1. The van der Waals surface area contributed by atoms with Crippen LogP contribution in [0, 0.1) is 0 Å². The quantitative estimate of drug-likeness (QED) is 0.127. The molecular formula is C45H53NO17. The van der Waals surface area contributed by atoms with Gasteiger partial charge in [-0.05, 0) is 16.7 Å². The zero-order chi connectivity index (χ0) is 44.9. The number of benzene rings is 3. The van der Waals surface area contributed by atoms with Crippen LogP contribution in [-0.2, 0) is 95.8 Å². The van der Waals surface area contributed by atoms with Gasteiger partial charge in [-0.3, -0.25) is 14.4 Å². The highest BCUT2D eigenvalue weighted by Crippen LogP contribution is 2.40. The van der Waals surface area contributed by atoms with Crippen molar-refractivity contribution in [3.05, 3.63) is 108 Å². The largest absolute Gasteiger partial charge is 0.465 e. The molecule has 11 atom stereocenters. The Hall–Kier alpha value is -5.47. The predicted molar refractivity (Wildman–Crippen MR) is 216 cm³/mol. The van der Waals surface area contributed by atoms with Gasteiger partial charge in [-0.15, -0.1) is 0 Å². The number of esters is 4. The maximum atomic E-state index is 14.1. The average molecular weight is 880 g/mol. The Bertz CT molecular complexity index is 1970. The summed E-state index contributed by atoms with van der Waals surface area (Å²) < 4.78 is 72.5. The number of fused-ring (bicyclic) bond motifs is 1. The number of ether oxygens (including phenoxy) is 12. The number of hydrogen-bond donors (Lipinski definition) is 1. The number of amides is 1. The molecule has 63 heavy (non-hydrogen) atoms. The summed E-state index contributed by atoms with van der Waals surface area (Å²) in [5, 5.41) is 2.62. The third kappa shape index (κ3) is 12.4. The van der Waals surface area contributed by atoms with E-state index in [1.165, 1.54) is 7.11 Å². The van der Waals surface area contributed by atoms with Crippen molar-refractivity contribution in [3.63, 3.8) is 0 Å². The summed E-state index contributed by atoms with van der Waals surface area (Å²) >= 11 is 0. The fourth-order valence-electron chi connectivity index (χ4n) is 7.69. The molecule has 1 amide bonds. The lowest BCUT2D eigenvalue weighted by Crippen LogP contribution is -2.67. The van der Waals surface area contributed by atoms with Crippen molar-refractivity contribution in [2.45, 2.75) is 114 Å². The highest BCUT2D eigenvalue weighted by atomic mass is 16.8. The van der Waals surface area contributed by atoms with Gasteiger partial charge in [0.2, 0.25) is 0 Å². The van der Waals surface area contributed by atoms with Gasteiger partial charge in [-0.1, -0.05) is 91.0 Å². The van der Waals surface area contributed by atoms with E-state index in [-0.39, 0.29) is 19.8 Å². The van der Waals surface area contributed by atoms with Crippen LogP contribution in [0.3, 0.4) is 0 Å². The Kier molecular flexibility index (Phi) is 16.6. The number of carbonyl (C=O) groups excluding carboxylic acids is 5. The Morgan fingerprint density at radius 3 is 1.78 bits per heavy atom. The van der Waals surface area contributed by atoms with E-state index in [9.17, 15) is 24.0 Å². The normalized spacial score (nSPS) is 27.4. The summed E-state index contributed by atoms with van der Waals surface area (Å²) in [6, 6.07) is 27.4. The second-order valence-electron chi connectivity index (χ2n) is 15.0. The SMILES string of the molecule is COC(=O)[C@@]1(OC[C@H]2O[C@H](OC)[C@H](OCc3ccccc3)[C@@H](OCc3ccccc3)[C@@H]2OCc2ccccc2)C[C@@H]2OC(=O)N[C@H]2[C@H]([C@H](OC(C)=O)[C@@H](COC(C)=O)OC(C)=O)O1. The lowest BCUT2D eigenvalue weighted by molar-refractivity contribution is -0.346. The lowest BCUT2D eigenvalue weighted by atomic mass is 9.88. The molecule has 3 aromatic rings. The van der Waals surface area contributed by atoms with Gasteiger partial charge >= 0.3 is 30.0 Å². The van der Waals surface area contributed by atoms with Crippen LogP contribution in [-0.4, -0.2) is 124 Å². The first-order valence-electron chi connectivity index (χ1n) is 20.4. The van der Waals surface area contributed by atoms with Crippen molar-refractivity contribution in [2.24, 2.45) is 0 Å². The molecule has 0 unspecified atom stereocenters. The number of hydrogen-bond acceptors (Lipinski definition) is 17. The van der Waals surface area contributed by atoms with E-state index in [1.54, 1.807) is 0 Å². The summed E-state index contributed by atoms with van der Waals surface area (Å²) in [6.07, 6.45) is -11.9. The molecule has 3 aromatic carbocycles. The number of methoxy groups -OCH3 is 2. The third-order valence-corrected chi connectivity index (χ3v) is 10.5. The van der Waals surface area contributed by atoms with Crippen LogP contribution in [0.2, 0.25) is 0 Å². The zero-order valence-electron chi connectivity index (χ0n) is 35.6. The van der Waals surface area contributed by atoms with Crippen LogP contribution in [0.15, 0.2) is 91.0 Å². The van der Waals surface area contributed by atoms with Gasteiger partial charge in [0.15, 0.2) is 18.5 Å². The van der Waals surface area contributed by atoms with E-state index in [0.717, 1.165) is 44.6 Å². The summed E-state index contributed by atoms with van der Waals surface area (Å²) in [5.41, 5.74) is 2.60. The second-order valence-corrected chi connectivity index (χ2v) is 15.0. The number of rotatable bonds is 20. The Labute approximate surface area is 364 Å².